The van der Waals surface area contributed by atoms with Gasteiger partial charge in [0.05, 0.1) is 12.7 Å². The topological polar surface area (TPSA) is 59.4 Å². The number of hydrogen-bond acceptors (Lipinski definition) is 3. The van der Waals surface area contributed by atoms with Crippen LogP contribution >= 0.6 is 15.9 Å². The number of rotatable bonds is 3. The quantitative estimate of drug-likeness (QED) is 0.946. The van der Waals surface area contributed by atoms with Crippen LogP contribution in [0.5, 0.6) is 5.75 Å². The van der Waals surface area contributed by atoms with E-state index in [2.05, 4.69) is 20.9 Å². The van der Waals surface area contributed by atoms with E-state index < -0.39 is 5.97 Å². The summed E-state index contributed by atoms with van der Waals surface area (Å²) in [5.74, 6) is -0.380. The van der Waals surface area contributed by atoms with Crippen LogP contribution in [0.1, 0.15) is 10.4 Å². The minimum absolute atomic E-state index is 0.195. The molecule has 0 atom stereocenters. The number of aromatic nitrogens is 1. The Morgan fingerprint density at radius 1 is 1.39 bits per heavy atom. The van der Waals surface area contributed by atoms with E-state index in [1.54, 1.807) is 43.6 Å². The van der Waals surface area contributed by atoms with Crippen molar-refractivity contribution in [2.24, 2.45) is 0 Å². The second kappa shape index (κ2) is 5.18. The molecule has 0 aliphatic rings. The largest absolute Gasteiger partial charge is 0.494 e. The molecule has 18 heavy (non-hydrogen) atoms. The highest BCUT2D eigenvalue weighted by Gasteiger charge is 2.12. The average molecular weight is 308 g/mol. The fraction of sp³-hybridized carbons (Fsp3) is 0.0769. The van der Waals surface area contributed by atoms with E-state index >= 15 is 0 Å². The van der Waals surface area contributed by atoms with Crippen LogP contribution < -0.4 is 4.74 Å². The molecule has 0 aliphatic carbocycles. The third-order valence-corrected chi connectivity index (χ3v) is 3.15. The molecule has 0 unspecified atom stereocenters. The van der Waals surface area contributed by atoms with E-state index in [-0.39, 0.29) is 5.56 Å². The number of ether oxygens (including phenoxy) is 1. The van der Waals surface area contributed by atoms with E-state index in [0.29, 0.717) is 21.5 Å². The van der Waals surface area contributed by atoms with Crippen LogP contribution in [-0.4, -0.2) is 23.2 Å². The molecular weight excluding hydrogens is 298 g/mol. The summed E-state index contributed by atoms with van der Waals surface area (Å²) in [5, 5.41) is 9.08. The summed E-state index contributed by atoms with van der Waals surface area (Å²) in [5.41, 5.74) is 1.52. The number of nitrogens with zero attached hydrogens (tertiary/aromatic N) is 1. The lowest BCUT2D eigenvalue weighted by atomic mass is 10.1. The Morgan fingerprint density at radius 2 is 2.17 bits per heavy atom. The molecule has 0 fully saturated rings. The average Bonchev–Trinajstić information content (AvgIpc) is 2.39. The maximum atomic E-state index is 11.1. The molecule has 0 spiro atoms. The van der Waals surface area contributed by atoms with E-state index in [1.165, 1.54) is 0 Å². The molecule has 2 aromatic rings. The van der Waals surface area contributed by atoms with Crippen LogP contribution in [-0.2, 0) is 0 Å². The lowest BCUT2D eigenvalue weighted by Crippen LogP contribution is -1.99. The number of aromatic carboxylic acids is 1. The van der Waals surface area contributed by atoms with Gasteiger partial charge in [0, 0.05) is 16.2 Å². The summed E-state index contributed by atoms with van der Waals surface area (Å²) in [7, 11) is 1.55. The number of carboxylic acids is 1. The lowest BCUT2D eigenvalue weighted by molar-refractivity contribution is 0.0696. The highest BCUT2D eigenvalue weighted by molar-refractivity contribution is 9.10. The minimum Gasteiger partial charge on any atom is -0.494 e. The minimum atomic E-state index is -0.987. The molecule has 0 saturated carbocycles. The zero-order chi connectivity index (χ0) is 13.1. The van der Waals surface area contributed by atoms with Crippen LogP contribution in [0.2, 0.25) is 0 Å². The highest BCUT2D eigenvalue weighted by atomic mass is 79.9. The molecule has 1 aromatic heterocycles. The summed E-state index contributed by atoms with van der Waals surface area (Å²) in [6, 6.07) is 8.59. The summed E-state index contributed by atoms with van der Waals surface area (Å²) >= 11 is 3.21. The SMILES string of the molecule is COc1cccnc1-c1ccc(Br)c(C(=O)O)c1. The molecule has 1 aromatic carbocycles. The number of pyridine rings is 1. The molecule has 2 rings (SSSR count). The van der Waals surface area contributed by atoms with E-state index in [9.17, 15) is 4.79 Å². The lowest BCUT2D eigenvalue weighted by Gasteiger charge is -2.08. The number of carboxylic acid groups (broad SMARTS) is 1. The molecule has 0 bridgehead atoms. The van der Waals surface area contributed by atoms with Crippen LogP contribution in [0.4, 0.5) is 0 Å². The van der Waals surface area contributed by atoms with Crippen molar-refractivity contribution in [3.05, 3.63) is 46.6 Å². The van der Waals surface area contributed by atoms with Crippen molar-refractivity contribution in [1.82, 2.24) is 4.98 Å². The molecule has 4 nitrogen and oxygen atoms in total. The molecule has 0 radical (unpaired) electrons. The highest BCUT2D eigenvalue weighted by Crippen LogP contribution is 2.30. The summed E-state index contributed by atoms with van der Waals surface area (Å²) in [6.45, 7) is 0. The maximum Gasteiger partial charge on any atom is 0.336 e. The van der Waals surface area contributed by atoms with Gasteiger partial charge in [0.25, 0.3) is 0 Å². The second-order valence-corrected chi connectivity index (χ2v) is 4.41. The first-order valence-corrected chi connectivity index (χ1v) is 5.95. The number of halogens is 1. The maximum absolute atomic E-state index is 11.1. The zero-order valence-corrected chi connectivity index (χ0v) is 11.1. The molecule has 1 heterocycles. The first-order chi connectivity index (χ1) is 8.63. The van der Waals surface area contributed by atoms with Crippen LogP contribution in [0.15, 0.2) is 41.0 Å². The molecule has 1 N–H and O–H groups in total. The third-order valence-electron chi connectivity index (χ3n) is 2.46. The van der Waals surface area contributed by atoms with Gasteiger partial charge in [0.2, 0.25) is 0 Å². The standard InChI is InChI=1S/C13H10BrNO3/c1-18-11-3-2-6-15-12(11)8-4-5-10(14)9(7-8)13(16)17/h2-7H,1H3,(H,16,17). The fourth-order valence-electron chi connectivity index (χ4n) is 1.61. The number of carbonyl (C=O) groups is 1. The molecule has 92 valence electrons. The van der Waals surface area contributed by atoms with Crippen molar-refractivity contribution >= 4 is 21.9 Å². The van der Waals surface area contributed by atoms with Crippen molar-refractivity contribution < 1.29 is 14.6 Å². The van der Waals surface area contributed by atoms with Crippen LogP contribution in [0.25, 0.3) is 11.3 Å². The molecule has 0 saturated heterocycles. The van der Waals surface area contributed by atoms with Crippen molar-refractivity contribution in [2.75, 3.05) is 7.11 Å². The first kappa shape index (κ1) is 12.6. The number of methoxy groups -OCH3 is 1. The Bertz CT molecular complexity index is 599. The van der Waals surface area contributed by atoms with Gasteiger partial charge >= 0.3 is 5.97 Å². The van der Waals surface area contributed by atoms with Gasteiger partial charge < -0.3 is 9.84 Å². The van der Waals surface area contributed by atoms with Crippen molar-refractivity contribution in [3.63, 3.8) is 0 Å². The number of hydrogen-bond donors (Lipinski definition) is 1. The van der Waals surface area contributed by atoms with Crippen molar-refractivity contribution in [3.8, 4) is 17.0 Å². The van der Waals surface area contributed by atoms with Gasteiger partial charge in [-0.2, -0.15) is 0 Å². The summed E-state index contributed by atoms with van der Waals surface area (Å²) in [4.78, 5) is 15.3. The zero-order valence-electron chi connectivity index (χ0n) is 9.55. The normalized spacial score (nSPS) is 10.1. The van der Waals surface area contributed by atoms with Gasteiger partial charge in [-0.05, 0) is 40.2 Å². The van der Waals surface area contributed by atoms with E-state index in [4.69, 9.17) is 9.84 Å². The van der Waals surface area contributed by atoms with Gasteiger partial charge in [-0.3, -0.25) is 4.98 Å². The third kappa shape index (κ3) is 2.36. The Hall–Kier alpha value is -1.88. The predicted molar refractivity (Wildman–Crippen MR) is 70.9 cm³/mol. The Kier molecular flexibility index (Phi) is 3.62. The smallest absolute Gasteiger partial charge is 0.336 e. The summed E-state index contributed by atoms with van der Waals surface area (Å²) < 4.78 is 5.74. The van der Waals surface area contributed by atoms with Crippen molar-refractivity contribution in [1.29, 1.82) is 0 Å². The first-order valence-electron chi connectivity index (χ1n) is 5.15. The van der Waals surface area contributed by atoms with Crippen LogP contribution in [0.3, 0.4) is 0 Å². The second-order valence-electron chi connectivity index (χ2n) is 3.55. The fourth-order valence-corrected chi connectivity index (χ4v) is 2.02. The van der Waals surface area contributed by atoms with Gasteiger partial charge in [-0.25, -0.2) is 4.79 Å². The molecular formula is C13H10BrNO3. The molecule has 0 amide bonds. The Morgan fingerprint density at radius 3 is 2.83 bits per heavy atom. The molecule has 0 aliphatic heterocycles. The van der Waals surface area contributed by atoms with Crippen molar-refractivity contribution in [2.45, 2.75) is 0 Å². The predicted octanol–water partition coefficient (Wildman–Crippen LogP) is 3.22. The van der Waals surface area contributed by atoms with Crippen LogP contribution in [0, 0.1) is 0 Å². The van der Waals surface area contributed by atoms with Gasteiger partial charge in [-0.15, -0.1) is 0 Å². The van der Waals surface area contributed by atoms with Gasteiger partial charge in [0.1, 0.15) is 11.4 Å². The summed E-state index contributed by atoms with van der Waals surface area (Å²) in [6.07, 6.45) is 1.64. The van der Waals surface area contributed by atoms with Gasteiger partial charge in [-0.1, -0.05) is 6.07 Å². The van der Waals surface area contributed by atoms with Gasteiger partial charge in [0.15, 0.2) is 0 Å². The van der Waals surface area contributed by atoms with E-state index in [0.717, 1.165) is 0 Å². The van der Waals surface area contributed by atoms with E-state index in [1.807, 2.05) is 0 Å². The monoisotopic (exact) mass is 307 g/mol. The Balaban J connectivity index is 2.58. The Labute approximate surface area is 112 Å². The number of benzene rings is 1. The molecule has 5 heteroatoms.